The van der Waals surface area contributed by atoms with E-state index in [0.717, 1.165) is 4.68 Å². The van der Waals surface area contributed by atoms with E-state index in [1.165, 1.54) is 18.2 Å². The molecule has 1 aromatic carbocycles. The lowest BCUT2D eigenvalue weighted by Crippen LogP contribution is -2.14. The summed E-state index contributed by atoms with van der Waals surface area (Å²) in [7, 11) is -4.74. The largest absolute Gasteiger partial charge is 0.471 e. The van der Waals surface area contributed by atoms with Crippen molar-refractivity contribution in [3.05, 3.63) is 44.1 Å². The number of phosphoric acid groups is 1. The smallest absolute Gasteiger partial charge is 0.319 e. The molecular formula is C11H8Cl4N3O5P. The monoisotopic (exact) mass is 433 g/mol. The van der Waals surface area contributed by atoms with E-state index < -0.39 is 20.5 Å². The van der Waals surface area contributed by atoms with E-state index in [4.69, 9.17) is 56.2 Å². The van der Waals surface area contributed by atoms with Gasteiger partial charge in [0, 0.05) is 5.02 Å². The van der Waals surface area contributed by atoms with Crippen molar-refractivity contribution in [1.82, 2.24) is 9.78 Å². The van der Waals surface area contributed by atoms with Crippen molar-refractivity contribution in [1.29, 1.82) is 0 Å². The molecule has 0 atom stereocenters. The third-order valence-electron chi connectivity index (χ3n) is 2.58. The lowest BCUT2D eigenvalue weighted by Gasteiger charge is -2.06. The second kappa shape index (κ2) is 7.59. The summed E-state index contributed by atoms with van der Waals surface area (Å²) >= 11 is 23.5. The Morgan fingerprint density at radius 3 is 2.54 bits per heavy atom. The third kappa shape index (κ3) is 4.84. The molecule has 0 saturated heterocycles. The first kappa shape index (κ1) is 19.5. The Hall–Kier alpha value is -0.830. The first-order valence-electron chi connectivity index (χ1n) is 5.97. The minimum atomic E-state index is -4.74. The predicted molar refractivity (Wildman–Crippen MR) is 89.8 cm³/mol. The molecule has 0 saturated carbocycles. The van der Waals surface area contributed by atoms with Gasteiger partial charge in [0.2, 0.25) is 0 Å². The lowest BCUT2D eigenvalue weighted by molar-refractivity contribution is 0.102. The lowest BCUT2D eigenvalue weighted by atomic mass is 10.3. The molecule has 2 rings (SSSR count). The zero-order chi connectivity index (χ0) is 18.1. The molecule has 1 heterocycles. The van der Waals surface area contributed by atoms with Crippen LogP contribution in [0.3, 0.4) is 0 Å². The van der Waals surface area contributed by atoms with Gasteiger partial charge in [-0.25, -0.2) is 9.25 Å². The molecule has 2 aromatic rings. The van der Waals surface area contributed by atoms with Gasteiger partial charge >= 0.3 is 7.82 Å². The maximum atomic E-state index is 12.2. The number of carbonyl (C=O) groups is 1. The molecule has 0 aliphatic rings. The van der Waals surface area contributed by atoms with Crippen molar-refractivity contribution in [2.45, 2.75) is 6.73 Å². The van der Waals surface area contributed by atoms with Crippen LogP contribution < -0.4 is 5.32 Å². The number of aromatic nitrogens is 2. The summed E-state index contributed by atoms with van der Waals surface area (Å²) < 4.78 is 15.8. The Morgan fingerprint density at radius 1 is 1.29 bits per heavy atom. The zero-order valence-corrected chi connectivity index (χ0v) is 15.3. The molecule has 0 bridgehead atoms. The standard InChI is InChI=1S/C11H8Cl4N3O5P/c12-5-1-2-7(6(13)3-5)16-11(19)9-8(14)10(15)18(17-9)4-23-24(20,21)22/h1-3H,4H2,(H,16,19)(H2,20,21,22). The normalized spacial score (nSPS) is 11.6. The molecule has 1 aromatic heterocycles. The Balaban J connectivity index is 2.22. The third-order valence-corrected chi connectivity index (χ3v) is 4.42. The Morgan fingerprint density at radius 2 is 1.96 bits per heavy atom. The zero-order valence-electron chi connectivity index (χ0n) is 11.4. The number of amides is 1. The first-order valence-corrected chi connectivity index (χ1v) is 9.01. The summed E-state index contributed by atoms with van der Waals surface area (Å²) in [4.78, 5) is 29.6. The maximum absolute atomic E-state index is 12.2. The van der Waals surface area contributed by atoms with Crippen LogP contribution in [-0.4, -0.2) is 25.5 Å². The van der Waals surface area contributed by atoms with Gasteiger partial charge in [-0.05, 0) is 18.2 Å². The highest BCUT2D eigenvalue weighted by molar-refractivity contribution is 7.46. The molecule has 130 valence electrons. The van der Waals surface area contributed by atoms with Crippen molar-refractivity contribution < 1.29 is 23.7 Å². The van der Waals surface area contributed by atoms with Gasteiger partial charge in [0.25, 0.3) is 5.91 Å². The topological polar surface area (TPSA) is 114 Å². The molecule has 3 N–H and O–H groups in total. The number of benzene rings is 1. The van der Waals surface area contributed by atoms with Crippen molar-refractivity contribution in [2.75, 3.05) is 5.32 Å². The average Bonchev–Trinajstić information content (AvgIpc) is 2.75. The molecule has 24 heavy (non-hydrogen) atoms. The fraction of sp³-hybridized carbons (Fsp3) is 0.0909. The van der Waals surface area contributed by atoms with E-state index in [2.05, 4.69) is 14.9 Å². The number of hydrogen-bond donors (Lipinski definition) is 3. The molecule has 0 aliphatic heterocycles. The molecule has 0 spiro atoms. The number of anilines is 1. The molecule has 13 heteroatoms. The van der Waals surface area contributed by atoms with Crippen LogP contribution in [0.4, 0.5) is 5.69 Å². The number of hydrogen-bond acceptors (Lipinski definition) is 4. The Kier molecular flexibility index (Phi) is 6.17. The van der Waals surface area contributed by atoms with Gasteiger partial charge in [-0.2, -0.15) is 5.10 Å². The summed E-state index contributed by atoms with van der Waals surface area (Å²) in [6.07, 6.45) is 0. The molecule has 0 unspecified atom stereocenters. The highest BCUT2D eigenvalue weighted by Gasteiger charge is 2.23. The van der Waals surface area contributed by atoms with E-state index in [1.54, 1.807) is 0 Å². The van der Waals surface area contributed by atoms with Crippen LogP contribution in [0.1, 0.15) is 10.5 Å². The summed E-state index contributed by atoms with van der Waals surface area (Å²) in [5.41, 5.74) is -0.0127. The van der Waals surface area contributed by atoms with Gasteiger partial charge in [-0.1, -0.05) is 46.4 Å². The SMILES string of the molecule is O=C(Nc1ccc(Cl)cc1Cl)c1nn(COP(=O)(O)O)c(Cl)c1Cl. The van der Waals surface area contributed by atoms with Gasteiger partial charge in [0.1, 0.15) is 10.2 Å². The second-order valence-corrected chi connectivity index (χ2v) is 7.10. The number of halogens is 4. The van der Waals surface area contributed by atoms with Gasteiger partial charge in [0.15, 0.2) is 12.4 Å². The highest BCUT2D eigenvalue weighted by Crippen LogP contribution is 2.37. The van der Waals surface area contributed by atoms with Crippen LogP contribution in [0.5, 0.6) is 0 Å². The summed E-state index contributed by atoms with van der Waals surface area (Å²) in [6, 6.07) is 4.43. The summed E-state index contributed by atoms with van der Waals surface area (Å²) in [5.74, 6) is -0.735. The molecule has 0 fully saturated rings. The van der Waals surface area contributed by atoms with Crippen molar-refractivity contribution in [3.8, 4) is 0 Å². The van der Waals surface area contributed by atoms with Crippen LogP contribution in [0.15, 0.2) is 18.2 Å². The average molecular weight is 435 g/mol. The number of rotatable bonds is 5. The fourth-order valence-corrected chi connectivity index (χ4v) is 2.67. The van der Waals surface area contributed by atoms with Crippen LogP contribution in [0.2, 0.25) is 20.2 Å². The quantitative estimate of drug-likeness (QED) is 0.616. The van der Waals surface area contributed by atoms with Gasteiger partial charge in [-0.3, -0.25) is 9.32 Å². The van der Waals surface area contributed by atoms with Crippen molar-refractivity contribution >= 4 is 65.8 Å². The Bertz CT molecular complexity index is 837. The van der Waals surface area contributed by atoms with E-state index in [9.17, 15) is 9.36 Å². The number of phosphoric ester groups is 1. The summed E-state index contributed by atoms with van der Waals surface area (Å²) in [5, 5.41) is 6.37. The highest BCUT2D eigenvalue weighted by atomic mass is 35.5. The van der Waals surface area contributed by atoms with Crippen LogP contribution >= 0.6 is 54.2 Å². The Labute approximate surface area is 155 Å². The molecule has 0 aliphatic carbocycles. The van der Waals surface area contributed by atoms with Crippen molar-refractivity contribution in [2.24, 2.45) is 0 Å². The van der Waals surface area contributed by atoms with E-state index in [-0.39, 0.29) is 26.6 Å². The van der Waals surface area contributed by atoms with Crippen LogP contribution in [-0.2, 0) is 15.8 Å². The summed E-state index contributed by atoms with van der Waals surface area (Å²) in [6.45, 7) is -0.697. The predicted octanol–water partition coefficient (Wildman–Crippen LogP) is 3.82. The number of nitrogens with one attached hydrogen (secondary N) is 1. The fourth-order valence-electron chi connectivity index (χ4n) is 1.55. The van der Waals surface area contributed by atoms with E-state index >= 15 is 0 Å². The molecular weight excluding hydrogens is 427 g/mol. The van der Waals surface area contributed by atoms with Crippen molar-refractivity contribution in [3.63, 3.8) is 0 Å². The molecule has 1 amide bonds. The maximum Gasteiger partial charge on any atom is 0.471 e. The van der Waals surface area contributed by atoms with E-state index in [1.807, 2.05) is 0 Å². The minimum absolute atomic E-state index is 0.197. The minimum Gasteiger partial charge on any atom is -0.319 e. The van der Waals surface area contributed by atoms with Crippen LogP contribution in [0, 0.1) is 0 Å². The van der Waals surface area contributed by atoms with Gasteiger partial charge in [-0.15, -0.1) is 0 Å². The van der Waals surface area contributed by atoms with Gasteiger partial charge in [0.05, 0.1) is 10.7 Å². The molecule has 0 radical (unpaired) electrons. The second-order valence-electron chi connectivity index (χ2n) is 4.28. The number of nitrogens with zero attached hydrogens (tertiary/aromatic N) is 2. The first-order chi connectivity index (χ1) is 11.1. The van der Waals surface area contributed by atoms with E-state index in [0.29, 0.717) is 5.02 Å². The number of carbonyl (C=O) groups excluding carboxylic acids is 1. The van der Waals surface area contributed by atoms with Gasteiger partial charge < -0.3 is 15.1 Å². The molecule has 8 nitrogen and oxygen atoms in total. The van der Waals surface area contributed by atoms with Crippen LogP contribution in [0.25, 0.3) is 0 Å².